The van der Waals surface area contributed by atoms with E-state index in [0.717, 1.165) is 0 Å². The number of allylic oxidation sites excluding steroid dienone is 2. The molecule has 1 heteroatoms. The topological polar surface area (TPSA) is 0 Å². The summed E-state index contributed by atoms with van der Waals surface area (Å²) in [5.74, 6) is 0. The molecular weight excluding hydrogens is 765 g/mol. The lowest BCUT2D eigenvalue weighted by molar-refractivity contribution is 0.569. The average Bonchev–Trinajstić information content (AvgIpc) is 3.65. The first kappa shape index (κ1) is 39.6. The summed E-state index contributed by atoms with van der Waals surface area (Å²) in [5, 5.41) is 10.2. The molecule has 10 rings (SSSR count). The van der Waals surface area contributed by atoms with E-state index < -0.39 is 0 Å². The molecule has 1 heterocycles. The molecule has 0 radical (unpaired) electrons. The molecule has 1 aromatic heterocycles. The van der Waals surface area contributed by atoms with Crippen LogP contribution in [0.4, 0.5) is 0 Å². The van der Waals surface area contributed by atoms with Crippen LogP contribution in [0, 0.1) is 6.92 Å². The van der Waals surface area contributed by atoms with E-state index in [9.17, 15) is 0 Å². The van der Waals surface area contributed by atoms with Gasteiger partial charge in [0.25, 0.3) is 0 Å². The van der Waals surface area contributed by atoms with Crippen molar-refractivity contribution in [2.45, 2.75) is 59.3 Å². The second kappa shape index (κ2) is 15.1. The predicted octanol–water partition coefficient (Wildman–Crippen LogP) is 18.3. The van der Waals surface area contributed by atoms with Crippen molar-refractivity contribution in [3.63, 3.8) is 0 Å². The number of hydrogen-bond donors (Lipinski definition) is 0. The minimum absolute atomic E-state index is 0.00223. The van der Waals surface area contributed by atoms with Crippen LogP contribution in [0.2, 0.25) is 0 Å². The first-order valence-electron chi connectivity index (χ1n) is 21.9. The van der Waals surface area contributed by atoms with E-state index >= 15 is 0 Å². The fraction of sp³-hybridized carbons (Fsp3) is 0.148. The summed E-state index contributed by atoms with van der Waals surface area (Å²) >= 11 is 1.89. The van der Waals surface area contributed by atoms with E-state index in [1.165, 1.54) is 119 Å². The number of fused-ring (bicyclic) bond motifs is 6. The second-order valence-corrected chi connectivity index (χ2v) is 20.0. The maximum atomic E-state index is 4.13. The summed E-state index contributed by atoms with van der Waals surface area (Å²) in [6.07, 6.45) is 6.30. The van der Waals surface area contributed by atoms with Gasteiger partial charge in [0.15, 0.2) is 0 Å². The van der Waals surface area contributed by atoms with Gasteiger partial charge >= 0.3 is 0 Å². The van der Waals surface area contributed by atoms with E-state index in [2.05, 4.69) is 225 Å². The molecule has 0 spiro atoms. The lowest BCUT2D eigenvalue weighted by Crippen LogP contribution is -2.16. The Kier molecular flexibility index (Phi) is 9.65. The van der Waals surface area contributed by atoms with Gasteiger partial charge in [-0.2, -0.15) is 0 Å². The standard InChI is InChI=1S/C61H52S/c1-9-10-23-44-38(2)55(41-34-42(60(3,4)5)37-43(35-41)61(6,7)8)45-24-14-19-29-50(45)58(44)51-30-20-31-54-59(51)52-36-40(32-33-53(52)62-54)57-48-27-17-15-25-46(48)56(39-21-12-11-13-22-39)47-26-16-18-28-49(47)57/h9-37H,1H2,2-8H3/b23-10-. The van der Waals surface area contributed by atoms with Gasteiger partial charge in [0.2, 0.25) is 0 Å². The zero-order valence-corrected chi connectivity index (χ0v) is 37.7. The molecule has 0 atom stereocenters. The number of benzene rings is 9. The summed E-state index contributed by atoms with van der Waals surface area (Å²) in [6.45, 7) is 20.4. The van der Waals surface area contributed by atoms with Crippen molar-refractivity contribution < 1.29 is 0 Å². The molecule has 302 valence electrons. The Morgan fingerprint density at radius 2 is 0.952 bits per heavy atom. The Morgan fingerprint density at radius 3 is 1.50 bits per heavy atom. The van der Waals surface area contributed by atoms with E-state index in [-0.39, 0.29) is 10.8 Å². The molecule has 0 unspecified atom stereocenters. The molecule has 62 heavy (non-hydrogen) atoms. The lowest BCUT2D eigenvalue weighted by atomic mass is 9.77. The Bertz CT molecular complexity index is 3340. The van der Waals surface area contributed by atoms with Crippen LogP contribution in [0.3, 0.4) is 0 Å². The number of thiophene rings is 1. The normalized spacial score (nSPS) is 12.4. The third kappa shape index (κ3) is 6.59. The van der Waals surface area contributed by atoms with Crippen LogP contribution in [0.1, 0.15) is 63.8 Å². The highest BCUT2D eigenvalue weighted by atomic mass is 32.1. The summed E-state index contributed by atoms with van der Waals surface area (Å²) in [7, 11) is 0. The molecule has 0 aliphatic heterocycles. The van der Waals surface area contributed by atoms with Crippen molar-refractivity contribution in [1.82, 2.24) is 0 Å². The first-order chi connectivity index (χ1) is 29.9. The minimum atomic E-state index is 0.00223. The van der Waals surface area contributed by atoms with Gasteiger partial charge in [-0.1, -0.05) is 206 Å². The highest BCUT2D eigenvalue weighted by Gasteiger charge is 2.25. The van der Waals surface area contributed by atoms with Gasteiger partial charge in [0, 0.05) is 20.2 Å². The fourth-order valence-electron chi connectivity index (χ4n) is 9.81. The van der Waals surface area contributed by atoms with Gasteiger partial charge in [0.05, 0.1) is 0 Å². The second-order valence-electron chi connectivity index (χ2n) is 18.9. The molecule has 9 aromatic carbocycles. The van der Waals surface area contributed by atoms with Gasteiger partial charge in [-0.15, -0.1) is 11.3 Å². The Balaban J connectivity index is 1.27. The number of rotatable bonds is 6. The molecule has 10 aromatic rings. The summed E-state index contributed by atoms with van der Waals surface area (Å²) in [6, 6.07) is 59.3. The molecule has 0 aliphatic carbocycles. The van der Waals surface area contributed by atoms with Gasteiger partial charge in [-0.3, -0.25) is 0 Å². The first-order valence-corrected chi connectivity index (χ1v) is 22.7. The van der Waals surface area contributed by atoms with Crippen LogP contribution in [-0.2, 0) is 10.8 Å². The molecule has 0 nitrogen and oxygen atoms in total. The Labute approximate surface area is 370 Å². The minimum Gasteiger partial charge on any atom is -0.135 e. The van der Waals surface area contributed by atoms with Crippen LogP contribution in [0.25, 0.3) is 103 Å². The Morgan fingerprint density at radius 1 is 0.435 bits per heavy atom. The Hall–Kier alpha value is -6.54. The molecule has 0 bridgehead atoms. The zero-order chi connectivity index (χ0) is 42.9. The van der Waals surface area contributed by atoms with E-state index in [1.807, 2.05) is 17.4 Å². The zero-order valence-electron chi connectivity index (χ0n) is 36.9. The van der Waals surface area contributed by atoms with E-state index in [0.29, 0.717) is 0 Å². The van der Waals surface area contributed by atoms with Crippen LogP contribution in [0.5, 0.6) is 0 Å². The lowest BCUT2D eigenvalue weighted by Gasteiger charge is -2.27. The van der Waals surface area contributed by atoms with Gasteiger partial charge in [-0.25, -0.2) is 0 Å². The van der Waals surface area contributed by atoms with Crippen molar-refractivity contribution in [2.24, 2.45) is 0 Å². The van der Waals surface area contributed by atoms with Gasteiger partial charge < -0.3 is 0 Å². The fourth-order valence-corrected chi connectivity index (χ4v) is 10.9. The van der Waals surface area contributed by atoms with E-state index in [4.69, 9.17) is 0 Å². The van der Waals surface area contributed by atoms with Crippen LogP contribution < -0.4 is 0 Å². The predicted molar refractivity (Wildman–Crippen MR) is 275 cm³/mol. The van der Waals surface area contributed by atoms with Crippen molar-refractivity contribution >= 4 is 69.9 Å². The van der Waals surface area contributed by atoms with Crippen LogP contribution in [0.15, 0.2) is 176 Å². The molecule has 0 fully saturated rings. The van der Waals surface area contributed by atoms with Crippen LogP contribution >= 0.6 is 11.3 Å². The average molecular weight is 817 g/mol. The molecule has 0 N–H and O–H groups in total. The molecular formula is C61H52S. The third-order valence-electron chi connectivity index (χ3n) is 12.9. The third-order valence-corrected chi connectivity index (χ3v) is 14.0. The summed E-state index contributed by atoms with van der Waals surface area (Å²) in [5.41, 5.74) is 15.4. The highest BCUT2D eigenvalue weighted by molar-refractivity contribution is 7.26. The maximum Gasteiger partial charge on any atom is 0.0361 e. The molecule has 0 aliphatic rings. The smallest absolute Gasteiger partial charge is 0.0361 e. The van der Waals surface area contributed by atoms with Crippen molar-refractivity contribution in [3.8, 4) is 44.5 Å². The maximum absolute atomic E-state index is 4.13. The van der Waals surface area contributed by atoms with Gasteiger partial charge in [-0.05, 0) is 135 Å². The summed E-state index contributed by atoms with van der Waals surface area (Å²) < 4.78 is 2.58. The van der Waals surface area contributed by atoms with Crippen molar-refractivity contribution in [1.29, 1.82) is 0 Å². The largest absolute Gasteiger partial charge is 0.135 e. The van der Waals surface area contributed by atoms with Crippen molar-refractivity contribution in [3.05, 3.63) is 199 Å². The molecule has 0 amide bonds. The van der Waals surface area contributed by atoms with Gasteiger partial charge in [0.1, 0.15) is 0 Å². The quantitative estimate of drug-likeness (QED) is 0.116. The highest BCUT2D eigenvalue weighted by Crippen LogP contribution is 2.50. The van der Waals surface area contributed by atoms with Crippen LogP contribution in [-0.4, -0.2) is 0 Å². The molecule has 0 saturated carbocycles. The SMILES string of the molecule is C=C/C=C\c1c(C)c(-c2cc(C(C)(C)C)cc(C(C)(C)C)c2)c2ccccc2c1-c1cccc2sc3ccc(-c4c5ccccc5c(-c5ccccc5)c5ccccc45)cc3c12. The number of hydrogen-bond acceptors (Lipinski definition) is 1. The molecule has 0 saturated heterocycles. The monoisotopic (exact) mass is 816 g/mol. The van der Waals surface area contributed by atoms with Crippen molar-refractivity contribution in [2.75, 3.05) is 0 Å². The summed E-state index contributed by atoms with van der Waals surface area (Å²) in [4.78, 5) is 0. The van der Waals surface area contributed by atoms with E-state index in [1.54, 1.807) is 0 Å².